The second kappa shape index (κ2) is 12.4. The van der Waals surface area contributed by atoms with Crippen LogP contribution in [0.5, 0.6) is 11.5 Å². The summed E-state index contributed by atoms with van der Waals surface area (Å²) in [6.07, 6.45) is 7.13. The largest absolute Gasteiger partial charge is 0.493 e. The first-order valence-electron chi connectivity index (χ1n) is 12.9. The molecule has 0 atom stereocenters. The van der Waals surface area contributed by atoms with Gasteiger partial charge in [-0.05, 0) is 62.2 Å². The van der Waals surface area contributed by atoms with Crippen molar-refractivity contribution < 1.29 is 22.7 Å². The van der Waals surface area contributed by atoms with Gasteiger partial charge in [-0.15, -0.1) is 0 Å². The lowest BCUT2D eigenvalue weighted by Crippen LogP contribution is -2.19. The Labute approximate surface area is 229 Å². The SMILES string of the molecule is CNS(=O)(=O)c1ccc(C)c(Nc2cnc(NC(=O)Cc3ccc(OC)c(OC)c3)nc2C2CCCCC2)c1. The molecule has 1 amide bonds. The highest BCUT2D eigenvalue weighted by atomic mass is 32.2. The molecule has 10 nitrogen and oxygen atoms in total. The van der Waals surface area contributed by atoms with Crippen LogP contribution in [0.4, 0.5) is 17.3 Å². The van der Waals surface area contributed by atoms with Crippen molar-refractivity contribution in [2.75, 3.05) is 31.9 Å². The van der Waals surface area contributed by atoms with Gasteiger partial charge in [0.25, 0.3) is 0 Å². The van der Waals surface area contributed by atoms with E-state index in [2.05, 4.69) is 20.3 Å². The lowest BCUT2D eigenvalue weighted by atomic mass is 9.86. The van der Waals surface area contributed by atoms with Crippen LogP contribution >= 0.6 is 0 Å². The topological polar surface area (TPSA) is 132 Å². The van der Waals surface area contributed by atoms with Gasteiger partial charge in [-0.2, -0.15) is 0 Å². The zero-order chi connectivity index (χ0) is 28.0. The van der Waals surface area contributed by atoms with Crippen LogP contribution in [-0.4, -0.2) is 45.6 Å². The third-order valence-electron chi connectivity index (χ3n) is 6.93. The van der Waals surface area contributed by atoms with Crippen LogP contribution in [0.3, 0.4) is 0 Å². The third-order valence-corrected chi connectivity index (χ3v) is 8.34. The van der Waals surface area contributed by atoms with Gasteiger partial charge in [0, 0.05) is 11.6 Å². The number of carbonyl (C=O) groups excluding carboxylic acids is 1. The van der Waals surface area contributed by atoms with Crippen LogP contribution in [0.25, 0.3) is 0 Å². The fraction of sp³-hybridized carbons (Fsp3) is 0.393. The number of aromatic nitrogens is 2. The molecule has 2 aromatic carbocycles. The van der Waals surface area contributed by atoms with Crippen molar-refractivity contribution in [1.82, 2.24) is 14.7 Å². The Morgan fingerprint density at radius 3 is 2.44 bits per heavy atom. The molecule has 1 fully saturated rings. The molecule has 1 aliphatic carbocycles. The second-order valence-corrected chi connectivity index (χ2v) is 11.4. The van der Waals surface area contributed by atoms with Gasteiger partial charge < -0.3 is 14.8 Å². The van der Waals surface area contributed by atoms with E-state index >= 15 is 0 Å². The number of methoxy groups -OCH3 is 2. The van der Waals surface area contributed by atoms with E-state index in [1.807, 2.05) is 13.0 Å². The van der Waals surface area contributed by atoms with Gasteiger partial charge in [0.15, 0.2) is 11.5 Å². The lowest BCUT2D eigenvalue weighted by molar-refractivity contribution is -0.115. The number of hydrogen-bond donors (Lipinski definition) is 3. The number of sulfonamides is 1. The van der Waals surface area contributed by atoms with E-state index < -0.39 is 10.0 Å². The molecule has 0 spiro atoms. The molecule has 1 saturated carbocycles. The molecule has 4 rings (SSSR count). The predicted octanol–water partition coefficient (Wildman–Crippen LogP) is 4.68. The summed E-state index contributed by atoms with van der Waals surface area (Å²) in [7, 11) is 0.899. The van der Waals surface area contributed by atoms with Gasteiger partial charge in [0.05, 0.1) is 43.1 Å². The third kappa shape index (κ3) is 6.85. The number of carbonyl (C=O) groups is 1. The summed E-state index contributed by atoms with van der Waals surface area (Å²) in [5.41, 5.74) is 3.81. The molecule has 1 aromatic heterocycles. The van der Waals surface area contributed by atoms with Crippen LogP contribution in [0.15, 0.2) is 47.5 Å². The molecular weight excluding hydrogens is 518 g/mol. The van der Waals surface area contributed by atoms with Crippen molar-refractivity contribution in [2.24, 2.45) is 0 Å². The lowest BCUT2D eigenvalue weighted by Gasteiger charge is -2.24. The predicted molar refractivity (Wildman–Crippen MR) is 150 cm³/mol. The Bertz CT molecular complexity index is 1440. The first-order valence-corrected chi connectivity index (χ1v) is 14.4. The van der Waals surface area contributed by atoms with Crippen LogP contribution in [0.1, 0.15) is 54.8 Å². The number of hydrogen-bond acceptors (Lipinski definition) is 8. The molecule has 1 heterocycles. The summed E-state index contributed by atoms with van der Waals surface area (Å²) in [5.74, 6) is 1.33. The van der Waals surface area contributed by atoms with E-state index in [0.717, 1.165) is 42.5 Å². The Hall–Kier alpha value is -3.70. The van der Waals surface area contributed by atoms with Crippen molar-refractivity contribution in [3.05, 3.63) is 59.4 Å². The zero-order valence-electron chi connectivity index (χ0n) is 22.7. The molecule has 3 N–H and O–H groups in total. The molecule has 11 heteroatoms. The number of benzene rings is 2. The summed E-state index contributed by atoms with van der Waals surface area (Å²) in [6.45, 7) is 1.90. The molecule has 0 aliphatic heterocycles. The second-order valence-electron chi connectivity index (χ2n) is 9.55. The summed E-state index contributed by atoms with van der Waals surface area (Å²) in [4.78, 5) is 22.2. The Morgan fingerprint density at radius 1 is 1.00 bits per heavy atom. The fourth-order valence-corrected chi connectivity index (χ4v) is 5.51. The summed E-state index contributed by atoms with van der Waals surface area (Å²) < 4.78 is 37.7. The van der Waals surface area contributed by atoms with E-state index in [4.69, 9.17) is 14.5 Å². The van der Waals surface area contributed by atoms with Gasteiger partial charge in [-0.1, -0.05) is 31.4 Å². The number of rotatable bonds is 10. The van der Waals surface area contributed by atoms with E-state index in [0.29, 0.717) is 22.9 Å². The Morgan fingerprint density at radius 2 is 1.74 bits per heavy atom. The highest BCUT2D eigenvalue weighted by molar-refractivity contribution is 7.89. The number of nitrogens with zero attached hydrogens (tertiary/aromatic N) is 2. The minimum atomic E-state index is -3.60. The normalized spacial score (nSPS) is 14.1. The van der Waals surface area contributed by atoms with Crippen LogP contribution < -0.4 is 24.8 Å². The van der Waals surface area contributed by atoms with Gasteiger partial charge in [-0.3, -0.25) is 10.1 Å². The Kier molecular flexibility index (Phi) is 9.03. The smallest absolute Gasteiger partial charge is 0.240 e. The van der Waals surface area contributed by atoms with Crippen molar-refractivity contribution >= 4 is 33.3 Å². The van der Waals surface area contributed by atoms with Crippen LogP contribution in [0, 0.1) is 6.92 Å². The number of ether oxygens (including phenoxy) is 2. The minimum Gasteiger partial charge on any atom is -0.493 e. The quantitative estimate of drug-likeness (QED) is 0.330. The van der Waals surface area contributed by atoms with Gasteiger partial charge in [0.2, 0.25) is 21.9 Å². The maximum atomic E-state index is 12.9. The molecule has 39 heavy (non-hydrogen) atoms. The first kappa shape index (κ1) is 28.3. The average molecular weight is 554 g/mol. The summed E-state index contributed by atoms with van der Waals surface area (Å²) in [5, 5.41) is 6.19. The molecule has 3 aromatic rings. The van der Waals surface area contributed by atoms with Gasteiger partial charge in [-0.25, -0.2) is 23.1 Å². The van der Waals surface area contributed by atoms with Crippen molar-refractivity contribution in [1.29, 1.82) is 0 Å². The van der Waals surface area contributed by atoms with Crippen molar-refractivity contribution in [2.45, 2.75) is 56.3 Å². The zero-order valence-corrected chi connectivity index (χ0v) is 23.5. The highest BCUT2D eigenvalue weighted by Crippen LogP contribution is 2.37. The monoisotopic (exact) mass is 553 g/mol. The number of amides is 1. The summed E-state index contributed by atoms with van der Waals surface area (Å²) in [6, 6.07) is 10.3. The maximum Gasteiger partial charge on any atom is 0.240 e. The Balaban J connectivity index is 1.59. The van der Waals surface area contributed by atoms with Crippen molar-refractivity contribution in [3.8, 4) is 11.5 Å². The van der Waals surface area contributed by atoms with Crippen molar-refractivity contribution in [3.63, 3.8) is 0 Å². The number of nitrogens with one attached hydrogen (secondary N) is 3. The molecular formula is C28H35N5O5S. The van der Waals surface area contributed by atoms with E-state index in [9.17, 15) is 13.2 Å². The molecule has 0 bridgehead atoms. The van der Waals surface area contributed by atoms with Gasteiger partial charge in [0.1, 0.15) is 0 Å². The van der Waals surface area contributed by atoms with Crippen LogP contribution in [0.2, 0.25) is 0 Å². The van der Waals surface area contributed by atoms with Crippen LogP contribution in [-0.2, 0) is 21.2 Å². The van der Waals surface area contributed by atoms with E-state index in [1.165, 1.54) is 13.5 Å². The average Bonchev–Trinajstić information content (AvgIpc) is 2.95. The van der Waals surface area contributed by atoms with Gasteiger partial charge >= 0.3 is 0 Å². The van der Waals surface area contributed by atoms with E-state index in [1.54, 1.807) is 50.7 Å². The number of aryl methyl sites for hydroxylation is 1. The molecule has 0 saturated heterocycles. The minimum absolute atomic E-state index is 0.119. The van der Waals surface area contributed by atoms with E-state index in [-0.39, 0.29) is 29.1 Å². The highest BCUT2D eigenvalue weighted by Gasteiger charge is 2.23. The maximum absolute atomic E-state index is 12.9. The molecule has 208 valence electrons. The summed E-state index contributed by atoms with van der Waals surface area (Å²) >= 11 is 0. The molecule has 1 aliphatic rings. The fourth-order valence-electron chi connectivity index (χ4n) is 4.75. The standard InChI is InChI=1S/C28H35N5O5S/c1-18-10-12-21(39(35,36)29-2)16-22(18)31-23-17-30-28(33-27(23)20-8-6-5-7-9-20)32-26(34)15-19-11-13-24(37-3)25(14-19)38-4/h10-14,16-17,20,29,31H,5-9,15H2,1-4H3,(H,30,32,33,34). The molecule has 0 unspecified atom stereocenters. The molecule has 0 radical (unpaired) electrons. The first-order chi connectivity index (χ1) is 18.7. The number of anilines is 3.